The minimum atomic E-state index is -0.487. The zero-order chi connectivity index (χ0) is 12.3. The summed E-state index contributed by atoms with van der Waals surface area (Å²) in [6.45, 7) is 0. The first-order valence-corrected chi connectivity index (χ1v) is 6.02. The van der Waals surface area contributed by atoms with E-state index in [1.165, 1.54) is 24.6 Å². The summed E-state index contributed by atoms with van der Waals surface area (Å²) in [6.07, 6.45) is 5.63. The van der Waals surface area contributed by atoms with Crippen molar-refractivity contribution in [2.45, 2.75) is 38.1 Å². The monoisotopic (exact) mass is 236 g/mol. The molecule has 4 heteroatoms. The van der Waals surface area contributed by atoms with Crippen LogP contribution in [0.3, 0.4) is 0 Å². The molecule has 1 saturated carbocycles. The van der Waals surface area contributed by atoms with Crippen LogP contribution in [0.1, 0.15) is 42.5 Å². The molecule has 1 aliphatic carbocycles. The third-order valence-electron chi connectivity index (χ3n) is 3.20. The summed E-state index contributed by atoms with van der Waals surface area (Å²) in [5.41, 5.74) is 5.88. The van der Waals surface area contributed by atoms with Crippen LogP contribution in [0.2, 0.25) is 0 Å². The van der Waals surface area contributed by atoms with Gasteiger partial charge in [-0.15, -0.1) is 0 Å². The normalized spacial score (nSPS) is 16.8. The molecule has 0 spiro atoms. The van der Waals surface area contributed by atoms with E-state index < -0.39 is 5.82 Å². The second-order valence-electron chi connectivity index (χ2n) is 4.54. The molecular formula is C13H17FN2O. The topological polar surface area (TPSA) is 55.1 Å². The van der Waals surface area contributed by atoms with E-state index in [1.807, 2.05) is 0 Å². The minimum absolute atomic E-state index is 0.0151. The number of nitrogen functional groups attached to an aromatic ring is 1. The second-order valence-corrected chi connectivity index (χ2v) is 4.54. The van der Waals surface area contributed by atoms with Crippen molar-refractivity contribution in [3.8, 4) is 0 Å². The Morgan fingerprint density at radius 3 is 2.65 bits per heavy atom. The third kappa shape index (κ3) is 2.96. The summed E-state index contributed by atoms with van der Waals surface area (Å²) in [6, 6.07) is 4.32. The summed E-state index contributed by atoms with van der Waals surface area (Å²) in [5.74, 6) is -0.650. The first-order valence-electron chi connectivity index (χ1n) is 6.02. The Hall–Kier alpha value is -1.58. The van der Waals surface area contributed by atoms with Gasteiger partial charge >= 0.3 is 0 Å². The highest BCUT2D eigenvalue weighted by atomic mass is 19.1. The molecule has 3 N–H and O–H groups in total. The molecule has 0 radical (unpaired) electrons. The molecule has 0 saturated heterocycles. The number of amides is 1. The van der Waals surface area contributed by atoms with Crippen LogP contribution in [0.4, 0.5) is 10.1 Å². The molecule has 0 aliphatic heterocycles. The first-order chi connectivity index (χ1) is 8.16. The van der Waals surface area contributed by atoms with Gasteiger partial charge in [0, 0.05) is 11.6 Å². The molecule has 1 fully saturated rings. The molecule has 92 valence electrons. The van der Waals surface area contributed by atoms with Crippen molar-refractivity contribution < 1.29 is 9.18 Å². The van der Waals surface area contributed by atoms with E-state index in [0.29, 0.717) is 5.56 Å². The van der Waals surface area contributed by atoms with E-state index in [0.717, 1.165) is 25.7 Å². The van der Waals surface area contributed by atoms with Crippen molar-refractivity contribution >= 4 is 11.6 Å². The van der Waals surface area contributed by atoms with Gasteiger partial charge in [0.05, 0.1) is 5.69 Å². The van der Waals surface area contributed by atoms with Crippen LogP contribution >= 0.6 is 0 Å². The number of nitrogens with two attached hydrogens (primary N) is 1. The highest BCUT2D eigenvalue weighted by Crippen LogP contribution is 2.18. The van der Waals surface area contributed by atoms with Crippen LogP contribution in [0, 0.1) is 5.82 Å². The van der Waals surface area contributed by atoms with Crippen LogP contribution < -0.4 is 11.1 Å². The molecule has 0 bridgehead atoms. The number of hydrogen-bond donors (Lipinski definition) is 2. The molecule has 0 atom stereocenters. The lowest BCUT2D eigenvalue weighted by atomic mass is 9.95. The SMILES string of the molecule is Nc1cc(C(=O)NC2CCCCC2)ccc1F. The average molecular weight is 236 g/mol. The second kappa shape index (κ2) is 5.17. The zero-order valence-electron chi connectivity index (χ0n) is 9.71. The number of halogens is 1. The van der Waals surface area contributed by atoms with E-state index in [-0.39, 0.29) is 17.6 Å². The highest BCUT2D eigenvalue weighted by molar-refractivity contribution is 5.95. The van der Waals surface area contributed by atoms with Gasteiger partial charge in [0.2, 0.25) is 0 Å². The maximum atomic E-state index is 13.0. The predicted molar refractivity (Wildman–Crippen MR) is 65.2 cm³/mol. The number of anilines is 1. The summed E-state index contributed by atoms with van der Waals surface area (Å²) in [4.78, 5) is 11.9. The number of benzene rings is 1. The van der Waals surface area contributed by atoms with Gasteiger partial charge in [-0.3, -0.25) is 4.79 Å². The Morgan fingerprint density at radius 2 is 2.00 bits per heavy atom. The molecule has 1 aliphatic rings. The lowest BCUT2D eigenvalue weighted by Crippen LogP contribution is -2.36. The summed E-state index contributed by atoms with van der Waals surface area (Å²) in [7, 11) is 0. The maximum absolute atomic E-state index is 13.0. The third-order valence-corrected chi connectivity index (χ3v) is 3.20. The van der Waals surface area contributed by atoms with Gasteiger partial charge in [0.1, 0.15) is 5.82 Å². The van der Waals surface area contributed by atoms with Crippen molar-refractivity contribution in [3.63, 3.8) is 0 Å². The van der Waals surface area contributed by atoms with Crippen molar-refractivity contribution in [2.24, 2.45) is 0 Å². The largest absolute Gasteiger partial charge is 0.396 e. The van der Waals surface area contributed by atoms with E-state index >= 15 is 0 Å². The number of carbonyl (C=O) groups is 1. The zero-order valence-corrected chi connectivity index (χ0v) is 9.71. The standard InChI is InChI=1S/C13H17FN2O/c14-11-7-6-9(8-12(11)15)13(17)16-10-4-2-1-3-5-10/h6-8,10H,1-5,15H2,(H,16,17). The number of carbonyl (C=O) groups excluding carboxylic acids is 1. The first kappa shape index (κ1) is 11.9. The van der Waals surface area contributed by atoms with Crippen molar-refractivity contribution in [2.75, 3.05) is 5.73 Å². The van der Waals surface area contributed by atoms with E-state index in [4.69, 9.17) is 5.73 Å². The Balaban J connectivity index is 2.01. The molecule has 1 amide bonds. The van der Waals surface area contributed by atoms with Gasteiger partial charge < -0.3 is 11.1 Å². The highest BCUT2D eigenvalue weighted by Gasteiger charge is 2.16. The van der Waals surface area contributed by atoms with E-state index in [1.54, 1.807) is 0 Å². The summed E-state index contributed by atoms with van der Waals surface area (Å²) < 4.78 is 13.0. The van der Waals surface area contributed by atoms with Crippen LogP contribution in [-0.2, 0) is 0 Å². The maximum Gasteiger partial charge on any atom is 0.251 e. The van der Waals surface area contributed by atoms with Gasteiger partial charge in [0.15, 0.2) is 0 Å². The van der Waals surface area contributed by atoms with Crippen molar-refractivity contribution in [1.29, 1.82) is 0 Å². The molecule has 3 nitrogen and oxygen atoms in total. The Kier molecular flexibility index (Phi) is 3.61. The Bertz CT molecular complexity index is 414. The molecule has 17 heavy (non-hydrogen) atoms. The van der Waals surface area contributed by atoms with Crippen LogP contribution in [-0.4, -0.2) is 11.9 Å². The Labute approximate surface area is 100 Å². The molecule has 2 rings (SSSR count). The van der Waals surface area contributed by atoms with Gasteiger partial charge in [-0.05, 0) is 31.0 Å². The average Bonchev–Trinajstić information content (AvgIpc) is 2.34. The number of hydrogen-bond acceptors (Lipinski definition) is 2. The van der Waals surface area contributed by atoms with Gasteiger partial charge in [0.25, 0.3) is 5.91 Å². The van der Waals surface area contributed by atoms with Gasteiger partial charge in [-0.25, -0.2) is 4.39 Å². The molecule has 0 heterocycles. The van der Waals surface area contributed by atoms with Crippen LogP contribution in [0.25, 0.3) is 0 Å². The fourth-order valence-electron chi connectivity index (χ4n) is 2.20. The van der Waals surface area contributed by atoms with E-state index in [9.17, 15) is 9.18 Å². The smallest absolute Gasteiger partial charge is 0.251 e. The van der Waals surface area contributed by atoms with Crippen LogP contribution in [0.5, 0.6) is 0 Å². The fourth-order valence-corrected chi connectivity index (χ4v) is 2.20. The lowest BCUT2D eigenvalue weighted by Gasteiger charge is -2.22. The molecule has 1 aromatic rings. The van der Waals surface area contributed by atoms with E-state index in [2.05, 4.69) is 5.32 Å². The molecular weight excluding hydrogens is 219 g/mol. The van der Waals surface area contributed by atoms with Crippen molar-refractivity contribution in [3.05, 3.63) is 29.6 Å². The lowest BCUT2D eigenvalue weighted by molar-refractivity contribution is 0.0927. The summed E-state index contributed by atoms with van der Waals surface area (Å²) >= 11 is 0. The molecule has 0 aromatic heterocycles. The fraction of sp³-hybridized carbons (Fsp3) is 0.462. The minimum Gasteiger partial charge on any atom is -0.396 e. The molecule has 0 unspecified atom stereocenters. The quantitative estimate of drug-likeness (QED) is 0.775. The predicted octanol–water partition coefficient (Wildman–Crippen LogP) is 2.47. The Morgan fingerprint density at radius 1 is 1.29 bits per heavy atom. The van der Waals surface area contributed by atoms with Gasteiger partial charge in [-0.2, -0.15) is 0 Å². The summed E-state index contributed by atoms with van der Waals surface area (Å²) in [5, 5.41) is 2.96. The van der Waals surface area contributed by atoms with Gasteiger partial charge in [-0.1, -0.05) is 19.3 Å². The number of rotatable bonds is 2. The van der Waals surface area contributed by atoms with Crippen LogP contribution in [0.15, 0.2) is 18.2 Å². The number of nitrogens with one attached hydrogen (secondary N) is 1. The molecule has 1 aromatic carbocycles. The van der Waals surface area contributed by atoms with Crippen molar-refractivity contribution in [1.82, 2.24) is 5.32 Å².